The van der Waals surface area contributed by atoms with Crippen molar-refractivity contribution in [1.29, 1.82) is 0 Å². The van der Waals surface area contributed by atoms with Crippen LogP contribution < -0.4 is 5.32 Å². The maximum atomic E-state index is 12.4. The van der Waals surface area contributed by atoms with E-state index >= 15 is 0 Å². The number of piperidine rings is 1. The van der Waals surface area contributed by atoms with Gasteiger partial charge in [-0.2, -0.15) is 0 Å². The largest absolute Gasteiger partial charge is 0.444 e. The molecule has 6 heteroatoms. The van der Waals surface area contributed by atoms with E-state index in [1.165, 1.54) is 4.90 Å². The number of rotatable bonds is 5. The first-order valence-corrected chi connectivity index (χ1v) is 9.77. The molecule has 2 amide bonds. The molecule has 2 rings (SSSR count). The lowest BCUT2D eigenvalue weighted by molar-refractivity contribution is -0.126. The van der Waals surface area contributed by atoms with Crippen LogP contribution in [0.1, 0.15) is 33.6 Å². The van der Waals surface area contributed by atoms with Gasteiger partial charge in [0.05, 0.1) is 5.92 Å². The SMILES string of the molecule is CC(C)(C)OC(=O)N1CCCC(C(=O)NCCSc2ccccc2)C1. The Morgan fingerprint density at radius 2 is 2.00 bits per heavy atom. The number of nitrogens with zero attached hydrogens (tertiary/aromatic N) is 1. The van der Waals surface area contributed by atoms with Crippen LogP contribution in [0.15, 0.2) is 35.2 Å². The van der Waals surface area contributed by atoms with Gasteiger partial charge in [-0.1, -0.05) is 18.2 Å². The Morgan fingerprint density at radius 3 is 2.68 bits per heavy atom. The topological polar surface area (TPSA) is 58.6 Å². The minimum absolute atomic E-state index is 0.0296. The monoisotopic (exact) mass is 364 g/mol. The van der Waals surface area contributed by atoms with Gasteiger partial charge in [0, 0.05) is 30.3 Å². The Labute approximate surface area is 154 Å². The van der Waals surface area contributed by atoms with Crippen LogP contribution in [0.3, 0.4) is 0 Å². The van der Waals surface area contributed by atoms with Crippen molar-refractivity contribution in [3.05, 3.63) is 30.3 Å². The van der Waals surface area contributed by atoms with Crippen molar-refractivity contribution in [1.82, 2.24) is 10.2 Å². The molecule has 1 saturated heterocycles. The number of hydrogen-bond acceptors (Lipinski definition) is 4. The highest BCUT2D eigenvalue weighted by atomic mass is 32.2. The van der Waals surface area contributed by atoms with E-state index in [2.05, 4.69) is 17.4 Å². The molecule has 0 saturated carbocycles. The molecule has 0 spiro atoms. The maximum Gasteiger partial charge on any atom is 0.410 e. The van der Waals surface area contributed by atoms with Crippen LogP contribution >= 0.6 is 11.8 Å². The third-order valence-corrected chi connectivity index (χ3v) is 4.87. The van der Waals surface area contributed by atoms with E-state index < -0.39 is 5.60 Å². The summed E-state index contributed by atoms with van der Waals surface area (Å²) in [5.41, 5.74) is -0.513. The molecule has 1 unspecified atom stereocenters. The van der Waals surface area contributed by atoms with E-state index in [1.807, 2.05) is 39.0 Å². The summed E-state index contributed by atoms with van der Waals surface area (Å²) in [4.78, 5) is 27.4. The summed E-state index contributed by atoms with van der Waals surface area (Å²) >= 11 is 1.72. The number of likely N-dealkylation sites (tertiary alicyclic amines) is 1. The first-order valence-electron chi connectivity index (χ1n) is 8.78. The fraction of sp³-hybridized carbons (Fsp3) is 0.579. The summed E-state index contributed by atoms with van der Waals surface area (Å²) in [6.45, 7) is 7.27. The summed E-state index contributed by atoms with van der Waals surface area (Å²) in [7, 11) is 0. The number of carbonyl (C=O) groups excluding carboxylic acids is 2. The highest BCUT2D eigenvalue weighted by Gasteiger charge is 2.30. The zero-order chi connectivity index (χ0) is 18.3. The highest BCUT2D eigenvalue weighted by molar-refractivity contribution is 7.99. The van der Waals surface area contributed by atoms with Gasteiger partial charge in [-0.05, 0) is 45.7 Å². The van der Waals surface area contributed by atoms with Gasteiger partial charge >= 0.3 is 6.09 Å². The second kappa shape index (κ2) is 9.13. The normalized spacial score (nSPS) is 17.9. The standard InChI is InChI=1S/C19H28N2O3S/c1-19(2,3)24-18(23)21-12-7-8-15(14-21)17(22)20-11-13-25-16-9-5-4-6-10-16/h4-6,9-10,15H,7-8,11-14H2,1-3H3,(H,20,22). The van der Waals surface area contributed by atoms with Gasteiger partial charge in [0.1, 0.15) is 5.60 Å². The Balaban J connectivity index is 1.72. The number of amides is 2. The van der Waals surface area contributed by atoms with Crippen molar-refractivity contribution in [3.63, 3.8) is 0 Å². The molecule has 138 valence electrons. The second-order valence-corrected chi connectivity index (χ2v) is 8.39. The molecule has 1 aromatic rings. The van der Waals surface area contributed by atoms with Gasteiger partial charge < -0.3 is 15.0 Å². The van der Waals surface area contributed by atoms with Gasteiger partial charge in [0.15, 0.2) is 0 Å². The van der Waals surface area contributed by atoms with Crippen molar-refractivity contribution in [2.75, 3.05) is 25.4 Å². The zero-order valence-corrected chi connectivity index (χ0v) is 16.1. The van der Waals surface area contributed by atoms with Crippen LogP contribution in [0.2, 0.25) is 0 Å². The Bertz CT molecular complexity index is 572. The zero-order valence-electron chi connectivity index (χ0n) is 15.3. The second-order valence-electron chi connectivity index (χ2n) is 7.22. The van der Waals surface area contributed by atoms with Gasteiger partial charge in [-0.25, -0.2) is 4.79 Å². The molecule has 0 aliphatic carbocycles. The van der Waals surface area contributed by atoms with Crippen molar-refractivity contribution in [2.24, 2.45) is 5.92 Å². The van der Waals surface area contributed by atoms with Gasteiger partial charge in [-0.3, -0.25) is 4.79 Å². The number of thioether (sulfide) groups is 1. The smallest absolute Gasteiger partial charge is 0.410 e. The molecule has 1 aliphatic heterocycles. The summed E-state index contributed by atoms with van der Waals surface area (Å²) in [6.07, 6.45) is 1.32. The summed E-state index contributed by atoms with van der Waals surface area (Å²) in [5.74, 6) is 0.711. The first kappa shape index (κ1) is 19.6. The number of ether oxygens (including phenoxy) is 1. The van der Waals surface area contributed by atoms with Gasteiger partial charge in [0.25, 0.3) is 0 Å². The van der Waals surface area contributed by atoms with E-state index in [4.69, 9.17) is 4.74 Å². The van der Waals surface area contributed by atoms with Crippen molar-refractivity contribution in [2.45, 2.75) is 44.1 Å². The molecule has 1 fully saturated rings. The number of nitrogens with one attached hydrogen (secondary N) is 1. The molecule has 25 heavy (non-hydrogen) atoms. The fourth-order valence-electron chi connectivity index (χ4n) is 2.69. The quantitative estimate of drug-likeness (QED) is 0.641. The maximum absolute atomic E-state index is 12.4. The third-order valence-electron chi connectivity index (χ3n) is 3.86. The Kier molecular flexibility index (Phi) is 7.17. The lowest BCUT2D eigenvalue weighted by Gasteiger charge is -2.33. The minimum Gasteiger partial charge on any atom is -0.444 e. The number of hydrogen-bond donors (Lipinski definition) is 1. The Hall–Kier alpha value is -1.69. The van der Waals surface area contributed by atoms with E-state index in [0.717, 1.165) is 18.6 Å². The molecule has 0 aromatic heterocycles. The average Bonchev–Trinajstić information content (AvgIpc) is 2.58. The van der Waals surface area contributed by atoms with Crippen LogP contribution in [-0.4, -0.2) is 47.9 Å². The van der Waals surface area contributed by atoms with E-state index in [1.54, 1.807) is 16.7 Å². The van der Waals surface area contributed by atoms with Crippen LogP contribution in [0.4, 0.5) is 4.79 Å². The van der Waals surface area contributed by atoms with Gasteiger partial charge in [-0.15, -0.1) is 11.8 Å². The van der Waals surface area contributed by atoms with E-state index in [0.29, 0.717) is 19.6 Å². The van der Waals surface area contributed by atoms with Crippen LogP contribution in [0.25, 0.3) is 0 Å². The van der Waals surface area contributed by atoms with Crippen LogP contribution in [0, 0.1) is 5.92 Å². The van der Waals surface area contributed by atoms with E-state index in [-0.39, 0.29) is 17.9 Å². The average molecular weight is 365 g/mol. The molecule has 1 aromatic carbocycles. The molecule has 5 nitrogen and oxygen atoms in total. The summed E-state index contributed by atoms with van der Waals surface area (Å²) in [6, 6.07) is 10.1. The van der Waals surface area contributed by atoms with Crippen molar-refractivity contribution < 1.29 is 14.3 Å². The van der Waals surface area contributed by atoms with Crippen LogP contribution in [0.5, 0.6) is 0 Å². The molecule has 1 N–H and O–H groups in total. The first-order chi connectivity index (χ1) is 11.8. The molecule has 1 atom stereocenters. The number of benzene rings is 1. The fourth-order valence-corrected chi connectivity index (χ4v) is 3.48. The summed E-state index contributed by atoms with van der Waals surface area (Å²) < 4.78 is 5.40. The van der Waals surface area contributed by atoms with E-state index in [9.17, 15) is 9.59 Å². The molecule has 1 aliphatic rings. The molecule has 0 bridgehead atoms. The Morgan fingerprint density at radius 1 is 1.28 bits per heavy atom. The van der Waals surface area contributed by atoms with Crippen LogP contribution in [-0.2, 0) is 9.53 Å². The minimum atomic E-state index is -0.513. The van der Waals surface area contributed by atoms with Crippen molar-refractivity contribution in [3.8, 4) is 0 Å². The number of carbonyl (C=O) groups is 2. The molecule has 0 radical (unpaired) electrons. The lowest BCUT2D eigenvalue weighted by atomic mass is 9.97. The lowest BCUT2D eigenvalue weighted by Crippen LogP contribution is -2.47. The molecular formula is C19H28N2O3S. The predicted molar refractivity (Wildman–Crippen MR) is 101 cm³/mol. The highest BCUT2D eigenvalue weighted by Crippen LogP contribution is 2.20. The summed E-state index contributed by atoms with van der Waals surface area (Å²) in [5, 5.41) is 2.99. The molecular weight excluding hydrogens is 336 g/mol. The predicted octanol–water partition coefficient (Wildman–Crippen LogP) is 3.54. The third kappa shape index (κ3) is 6.98. The van der Waals surface area contributed by atoms with Crippen molar-refractivity contribution >= 4 is 23.8 Å². The van der Waals surface area contributed by atoms with Gasteiger partial charge in [0.2, 0.25) is 5.91 Å². The molecule has 1 heterocycles.